The lowest BCUT2D eigenvalue weighted by Gasteiger charge is -2.08. The Morgan fingerprint density at radius 1 is 1.12 bits per heavy atom. The molecule has 0 radical (unpaired) electrons. The number of hydrogen-bond donors (Lipinski definition) is 2. The van der Waals surface area contributed by atoms with Gasteiger partial charge in [-0.1, -0.05) is 12.1 Å². The Hall–Kier alpha value is -2.48. The summed E-state index contributed by atoms with van der Waals surface area (Å²) >= 11 is 2.83. The van der Waals surface area contributed by atoms with Crippen molar-refractivity contribution < 1.29 is 23.1 Å². The normalized spacial score (nSPS) is 10.2. The zero-order chi connectivity index (χ0) is 18.4. The van der Waals surface area contributed by atoms with Crippen molar-refractivity contribution in [3.8, 4) is 5.75 Å². The third-order valence-corrected chi connectivity index (χ3v) is 3.88. The Morgan fingerprint density at radius 3 is 2.40 bits per heavy atom. The minimum atomic E-state index is -1.13. The fourth-order valence-electron chi connectivity index (χ4n) is 2.01. The lowest BCUT2D eigenvalue weighted by Crippen LogP contribution is -2.36. The molecular weight excluding hydrogens is 398 g/mol. The summed E-state index contributed by atoms with van der Waals surface area (Å²) in [5.74, 6) is -3.31. The van der Waals surface area contributed by atoms with Crippen molar-refractivity contribution in [2.45, 2.75) is 6.42 Å². The fourth-order valence-corrected chi connectivity index (χ4v) is 2.44. The van der Waals surface area contributed by atoms with Gasteiger partial charge in [0.15, 0.2) is 11.6 Å². The van der Waals surface area contributed by atoms with Gasteiger partial charge in [-0.25, -0.2) is 8.78 Å². The average Bonchev–Trinajstić information content (AvgIpc) is 2.60. The Labute approximate surface area is 151 Å². The predicted molar refractivity (Wildman–Crippen MR) is 92.4 cm³/mol. The summed E-state index contributed by atoms with van der Waals surface area (Å²) < 4.78 is 31.3. The third-order valence-electron chi connectivity index (χ3n) is 3.31. The van der Waals surface area contributed by atoms with E-state index in [1.807, 2.05) is 12.1 Å². The zero-order valence-electron chi connectivity index (χ0n) is 13.2. The van der Waals surface area contributed by atoms with Crippen LogP contribution in [-0.2, 0) is 16.0 Å². The molecule has 0 atom stereocenters. The van der Waals surface area contributed by atoms with Crippen LogP contribution in [0.2, 0.25) is 0 Å². The van der Waals surface area contributed by atoms with Gasteiger partial charge >= 0.3 is 11.8 Å². The number of methoxy groups -OCH3 is 1. The van der Waals surface area contributed by atoms with Crippen molar-refractivity contribution in [2.24, 2.45) is 0 Å². The standard InChI is InChI=1S/C17H15BrF2N2O3/c1-25-12-4-2-10(3-5-12)6-7-21-16(23)17(24)22-11-8-13(18)15(20)14(19)9-11/h2-5,8-9H,6-7H2,1H3,(H,21,23)(H,22,24). The second kappa shape index (κ2) is 8.57. The highest BCUT2D eigenvalue weighted by Crippen LogP contribution is 2.23. The maximum absolute atomic E-state index is 13.3. The van der Waals surface area contributed by atoms with Gasteiger partial charge in [0.2, 0.25) is 0 Å². The number of hydrogen-bond acceptors (Lipinski definition) is 3. The first kappa shape index (κ1) is 18.9. The molecule has 0 spiro atoms. The molecule has 0 saturated carbocycles. The largest absolute Gasteiger partial charge is 0.497 e. The van der Waals surface area contributed by atoms with Gasteiger partial charge < -0.3 is 15.4 Å². The van der Waals surface area contributed by atoms with Gasteiger partial charge in [-0.15, -0.1) is 0 Å². The minimum absolute atomic E-state index is 0.0268. The van der Waals surface area contributed by atoms with Crippen molar-refractivity contribution in [3.63, 3.8) is 0 Å². The molecule has 0 saturated heterocycles. The number of rotatable bonds is 5. The summed E-state index contributed by atoms with van der Waals surface area (Å²) in [5.41, 5.74) is 0.937. The molecule has 2 aromatic carbocycles. The first-order chi connectivity index (χ1) is 11.9. The Kier molecular flexibility index (Phi) is 6.46. The Morgan fingerprint density at radius 2 is 1.80 bits per heavy atom. The first-order valence-corrected chi connectivity index (χ1v) is 8.06. The molecule has 0 aliphatic carbocycles. The Balaban J connectivity index is 1.84. The number of carbonyl (C=O) groups is 2. The molecule has 132 valence electrons. The van der Waals surface area contributed by atoms with Gasteiger partial charge in [0.25, 0.3) is 0 Å². The first-order valence-electron chi connectivity index (χ1n) is 7.27. The van der Waals surface area contributed by atoms with E-state index in [0.717, 1.165) is 17.4 Å². The SMILES string of the molecule is COc1ccc(CCNC(=O)C(=O)Nc2cc(F)c(F)c(Br)c2)cc1. The second-order valence-corrected chi connectivity index (χ2v) is 5.92. The highest BCUT2D eigenvalue weighted by molar-refractivity contribution is 9.10. The van der Waals surface area contributed by atoms with Crippen molar-refractivity contribution >= 4 is 33.4 Å². The van der Waals surface area contributed by atoms with Crippen molar-refractivity contribution in [1.82, 2.24) is 5.32 Å². The molecule has 0 aliphatic rings. The summed E-state index contributed by atoms with van der Waals surface area (Å²) in [6, 6.07) is 9.26. The lowest BCUT2D eigenvalue weighted by atomic mass is 10.1. The molecule has 2 amide bonds. The highest BCUT2D eigenvalue weighted by atomic mass is 79.9. The minimum Gasteiger partial charge on any atom is -0.497 e. The van der Waals surface area contributed by atoms with Crippen LogP contribution in [0.5, 0.6) is 5.75 Å². The number of benzene rings is 2. The van der Waals surface area contributed by atoms with E-state index in [1.54, 1.807) is 19.2 Å². The monoisotopic (exact) mass is 412 g/mol. The van der Waals surface area contributed by atoms with E-state index in [9.17, 15) is 18.4 Å². The number of anilines is 1. The predicted octanol–water partition coefficient (Wildman–Crippen LogP) is 3.03. The van der Waals surface area contributed by atoms with Crippen molar-refractivity contribution in [3.05, 3.63) is 58.1 Å². The second-order valence-electron chi connectivity index (χ2n) is 5.06. The molecule has 8 heteroatoms. The number of ether oxygens (including phenoxy) is 1. The van der Waals surface area contributed by atoms with E-state index in [0.29, 0.717) is 6.42 Å². The van der Waals surface area contributed by atoms with E-state index in [1.165, 1.54) is 6.07 Å². The van der Waals surface area contributed by atoms with Crippen LogP contribution in [-0.4, -0.2) is 25.5 Å². The molecule has 0 fully saturated rings. The summed E-state index contributed by atoms with van der Waals surface area (Å²) in [6.45, 7) is 0.250. The van der Waals surface area contributed by atoms with E-state index >= 15 is 0 Å². The molecular formula is C17H15BrF2N2O3. The van der Waals surface area contributed by atoms with E-state index in [4.69, 9.17) is 4.74 Å². The van der Waals surface area contributed by atoms with Gasteiger partial charge in [0.05, 0.1) is 11.6 Å². The average molecular weight is 413 g/mol. The number of amides is 2. The zero-order valence-corrected chi connectivity index (χ0v) is 14.8. The van der Waals surface area contributed by atoms with Crippen LogP contribution in [0.4, 0.5) is 14.5 Å². The highest BCUT2D eigenvalue weighted by Gasteiger charge is 2.15. The molecule has 2 N–H and O–H groups in total. The molecule has 0 aliphatic heterocycles. The molecule has 25 heavy (non-hydrogen) atoms. The number of carbonyl (C=O) groups excluding carboxylic acids is 2. The van der Waals surface area contributed by atoms with Crippen molar-refractivity contribution in [2.75, 3.05) is 19.0 Å². The van der Waals surface area contributed by atoms with Crippen LogP contribution in [0.1, 0.15) is 5.56 Å². The molecule has 0 unspecified atom stereocenters. The molecule has 0 aromatic heterocycles. The maximum Gasteiger partial charge on any atom is 0.313 e. The number of halogens is 3. The molecule has 2 rings (SSSR count). The van der Waals surface area contributed by atoms with Crippen LogP contribution in [0.25, 0.3) is 0 Å². The van der Waals surface area contributed by atoms with Gasteiger partial charge in [0, 0.05) is 18.3 Å². The third kappa shape index (κ3) is 5.25. The fraction of sp³-hybridized carbons (Fsp3) is 0.176. The molecule has 5 nitrogen and oxygen atoms in total. The molecule has 0 heterocycles. The van der Waals surface area contributed by atoms with Crippen LogP contribution < -0.4 is 15.4 Å². The van der Waals surface area contributed by atoms with E-state index < -0.39 is 23.4 Å². The van der Waals surface area contributed by atoms with Gasteiger partial charge in [0.1, 0.15) is 5.75 Å². The van der Waals surface area contributed by atoms with Crippen LogP contribution in [0.3, 0.4) is 0 Å². The lowest BCUT2D eigenvalue weighted by molar-refractivity contribution is -0.136. The molecule has 2 aromatic rings. The van der Waals surface area contributed by atoms with Crippen LogP contribution >= 0.6 is 15.9 Å². The Bertz CT molecular complexity index is 759. The smallest absolute Gasteiger partial charge is 0.313 e. The topological polar surface area (TPSA) is 67.4 Å². The van der Waals surface area contributed by atoms with Crippen LogP contribution in [0.15, 0.2) is 40.9 Å². The summed E-state index contributed by atoms with van der Waals surface area (Å²) in [5, 5.41) is 4.67. The number of nitrogens with one attached hydrogen (secondary N) is 2. The van der Waals surface area contributed by atoms with Gasteiger partial charge in [-0.05, 0) is 46.1 Å². The summed E-state index contributed by atoms with van der Waals surface area (Å²) in [4.78, 5) is 23.5. The van der Waals surface area contributed by atoms with Gasteiger partial charge in [-0.3, -0.25) is 9.59 Å². The quantitative estimate of drug-likeness (QED) is 0.585. The maximum atomic E-state index is 13.3. The molecule has 0 bridgehead atoms. The van der Waals surface area contributed by atoms with E-state index in [-0.39, 0.29) is 16.7 Å². The summed E-state index contributed by atoms with van der Waals surface area (Å²) in [6.07, 6.45) is 0.528. The van der Waals surface area contributed by atoms with Crippen LogP contribution in [0, 0.1) is 11.6 Å². The summed E-state index contributed by atoms with van der Waals surface area (Å²) in [7, 11) is 1.57. The van der Waals surface area contributed by atoms with Gasteiger partial charge in [-0.2, -0.15) is 0 Å². The van der Waals surface area contributed by atoms with E-state index in [2.05, 4.69) is 26.6 Å². The van der Waals surface area contributed by atoms with Crippen molar-refractivity contribution in [1.29, 1.82) is 0 Å².